The van der Waals surface area contributed by atoms with Crippen LogP contribution in [-0.2, 0) is 0 Å². The van der Waals surface area contributed by atoms with Crippen LogP contribution in [0.2, 0.25) is 0 Å². The minimum atomic E-state index is 0.807. The van der Waals surface area contributed by atoms with E-state index in [9.17, 15) is 0 Å². The van der Waals surface area contributed by atoms with Gasteiger partial charge in [-0.1, -0.05) is 53.3 Å². The molecule has 1 N–H and O–H groups in total. The minimum Gasteiger partial charge on any atom is -0.253 e. The van der Waals surface area contributed by atoms with Gasteiger partial charge in [0.15, 0.2) is 0 Å². The first-order chi connectivity index (χ1) is 11.7. The molecule has 0 spiro atoms. The van der Waals surface area contributed by atoms with E-state index in [2.05, 4.69) is 65.8 Å². The Morgan fingerprint density at radius 1 is 1.00 bits per heavy atom. The SMILES string of the molecule is Cc1ccc2cc(C)c(/C=N/Nc3nc4ccccc4s3)cc2c1. The van der Waals surface area contributed by atoms with Crippen LogP contribution >= 0.6 is 11.3 Å². The van der Waals surface area contributed by atoms with E-state index in [1.807, 2.05) is 24.4 Å². The van der Waals surface area contributed by atoms with Gasteiger partial charge in [-0.2, -0.15) is 5.10 Å². The van der Waals surface area contributed by atoms with Gasteiger partial charge in [0, 0.05) is 0 Å². The van der Waals surface area contributed by atoms with E-state index in [0.717, 1.165) is 20.9 Å². The number of benzene rings is 3. The third-order valence-electron chi connectivity index (χ3n) is 4.04. The first kappa shape index (κ1) is 14.8. The topological polar surface area (TPSA) is 37.3 Å². The van der Waals surface area contributed by atoms with Crippen molar-refractivity contribution in [2.75, 3.05) is 5.43 Å². The zero-order chi connectivity index (χ0) is 16.5. The van der Waals surface area contributed by atoms with E-state index in [1.165, 1.54) is 21.9 Å². The lowest BCUT2D eigenvalue weighted by atomic mass is 10.0. The molecule has 1 heterocycles. The molecule has 0 bridgehead atoms. The molecule has 0 saturated carbocycles. The normalized spacial score (nSPS) is 11.6. The average molecular weight is 331 g/mol. The number of aromatic nitrogens is 1. The van der Waals surface area contributed by atoms with Gasteiger partial charge in [-0.05, 0) is 53.9 Å². The lowest BCUT2D eigenvalue weighted by Crippen LogP contribution is -1.93. The molecule has 0 atom stereocenters. The van der Waals surface area contributed by atoms with Crippen molar-refractivity contribution in [2.45, 2.75) is 13.8 Å². The van der Waals surface area contributed by atoms with E-state index in [1.54, 1.807) is 11.3 Å². The first-order valence-electron chi connectivity index (χ1n) is 7.85. The maximum absolute atomic E-state index is 4.52. The van der Waals surface area contributed by atoms with Gasteiger partial charge >= 0.3 is 0 Å². The van der Waals surface area contributed by atoms with E-state index >= 15 is 0 Å². The van der Waals surface area contributed by atoms with Crippen LogP contribution in [-0.4, -0.2) is 11.2 Å². The summed E-state index contributed by atoms with van der Waals surface area (Å²) in [5.41, 5.74) is 7.63. The standard InChI is InChI=1S/C20H17N3S/c1-13-7-8-15-10-14(2)17(11-16(15)9-13)12-21-23-20-22-18-5-3-4-6-19(18)24-20/h3-12H,1-2H3,(H,22,23)/b21-12+. The number of hydrogen-bond donors (Lipinski definition) is 1. The average Bonchev–Trinajstić information content (AvgIpc) is 2.98. The summed E-state index contributed by atoms with van der Waals surface area (Å²) in [5, 5.41) is 7.67. The van der Waals surface area contributed by atoms with Gasteiger partial charge in [-0.25, -0.2) is 4.98 Å². The fourth-order valence-corrected chi connectivity index (χ4v) is 3.58. The van der Waals surface area contributed by atoms with Crippen LogP contribution in [0.15, 0.2) is 59.7 Å². The van der Waals surface area contributed by atoms with Crippen LogP contribution in [0.1, 0.15) is 16.7 Å². The van der Waals surface area contributed by atoms with Crippen molar-refractivity contribution in [3.8, 4) is 0 Å². The van der Waals surface area contributed by atoms with Gasteiger partial charge in [-0.15, -0.1) is 0 Å². The molecule has 0 aliphatic heterocycles. The van der Waals surface area contributed by atoms with Crippen molar-refractivity contribution in [1.82, 2.24) is 4.98 Å². The number of nitrogens with one attached hydrogen (secondary N) is 1. The highest BCUT2D eigenvalue weighted by atomic mass is 32.1. The summed E-state index contributed by atoms with van der Waals surface area (Å²) < 4.78 is 1.16. The number of nitrogens with zero attached hydrogens (tertiary/aromatic N) is 2. The van der Waals surface area contributed by atoms with Crippen molar-refractivity contribution in [3.63, 3.8) is 0 Å². The van der Waals surface area contributed by atoms with Crippen molar-refractivity contribution >= 4 is 43.7 Å². The zero-order valence-electron chi connectivity index (χ0n) is 13.6. The molecule has 24 heavy (non-hydrogen) atoms. The summed E-state index contributed by atoms with van der Waals surface area (Å²) in [7, 11) is 0. The monoisotopic (exact) mass is 331 g/mol. The van der Waals surface area contributed by atoms with Gasteiger partial charge < -0.3 is 0 Å². The molecule has 4 aromatic rings. The molecular formula is C20H17N3S. The molecule has 0 aliphatic rings. The lowest BCUT2D eigenvalue weighted by Gasteiger charge is -2.05. The van der Waals surface area contributed by atoms with Crippen LogP contribution < -0.4 is 5.43 Å². The molecule has 3 nitrogen and oxygen atoms in total. The number of para-hydroxylation sites is 1. The van der Waals surface area contributed by atoms with Crippen molar-refractivity contribution < 1.29 is 0 Å². The summed E-state index contributed by atoms with van der Waals surface area (Å²) in [6.07, 6.45) is 1.86. The highest BCUT2D eigenvalue weighted by Gasteiger charge is 2.02. The maximum Gasteiger partial charge on any atom is 0.204 e. The van der Waals surface area contributed by atoms with Crippen LogP contribution in [0, 0.1) is 13.8 Å². The van der Waals surface area contributed by atoms with Crippen molar-refractivity contribution in [3.05, 3.63) is 71.3 Å². The molecule has 0 radical (unpaired) electrons. The highest BCUT2D eigenvalue weighted by molar-refractivity contribution is 7.22. The second-order valence-corrected chi connectivity index (χ2v) is 6.95. The number of fused-ring (bicyclic) bond motifs is 2. The predicted molar refractivity (Wildman–Crippen MR) is 104 cm³/mol. The number of aryl methyl sites for hydroxylation is 2. The Morgan fingerprint density at radius 2 is 1.88 bits per heavy atom. The summed E-state index contributed by atoms with van der Waals surface area (Å²) >= 11 is 1.61. The summed E-state index contributed by atoms with van der Waals surface area (Å²) in [5.74, 6) is 0. The smallest absolute Gasteiger partial charge is 0.204 e. The summed E-state index contributed by atoms with van der Waals surface area (Å²) in [4.78, 5) is 4.52. The Morgan fingerprint density at radius 3 is 2.75 bits per heavy atom. The van der Waals surface area contributed by atoms with E-state index in [-0.39, 0.29) is 0 Å². The third-order valence-corrected chi connectivity index (χ3v) is 4.98. The Labute approximate surface area is 144 Å². The fraction of sp³-hybridized carbons (Fsp3) is 0.100. The Hall–Kier alpha value is -2.72. The second kappa shape index (κ2) is 6.06. The Balaban J connectivity index is 1.60. The molecule has 1 aromatic heterocycles. The van der Waals surface area contributed by atoms with Crippen LogP contribution in [0.5, 0.6) is 0 Å². The molecule has 4 heteroatoms. The number of rotatable bonds is 3. The summed E-state index contributed by atoms with van der Waals surface area (Å²) in [6.45, 7) is 4.22. The maximum atomic E-state index is 4.52. The summed E-state index contributed by atoms with van der Waals surface area (Å²) in [6, 6.07) is 19.0. The van der Waals surface area contributed by atoms with Crippen LogP contribution in [0.4, 0.5) is 5.13 Å². The quantitative estimate of drug-likeness (QED) is 0.397. The highest BCUT2D eigenvalue weighted by Crippen LogP contribution is 2.25. The largest absolute Gasteiger partial charge is 0.253 e. The molecule has 0 fully saturated rings. The van der Waals surface area contributed by atoms with Crippen molar-refractivity contribution in [1.29, 1.82) is 0 Å². The van der Waals surface area contributed by atoms with Crippen molar-refractivity contribution in [2.24, 2.45) is 5.10 Å². The van der Waals surface area contributed by atoms with Gasteiger partial charge in [0.05, 0.1) is 16.4 Å². The predicted octanol–water partition coefficient (Wildman–Crippen LogP) is 5.51. The number of hydrogen-bond acceptors (Lipinski definition) is 4. The van der Waals surface area contributed by atoms with E-state index < -0.39 is 0 Å². The molecular weight excluding hydrogens is 314 g/mol. The second-order valence-electron chi connectivity index (χ2n) is 5.92. The fourth-order valence-electron chi connectivity index (χ4n) is 2.76. The molecule has 0 unspecified atom stereocenters. The van der Waals surface area contributed by atoms with Gasteiger partial charge in [0.25, 0.3) is 0 Å². The Kier molecular flexibility index (Phi) is 3.75. The molecule has 3 aromatic carbocycles. The minimum absolute atomic E-state index is 0.807. The van der Waals surface area contributed by atoms with Gasteiger partial charge in [0.2, 0.25) is 5.13 Å². The Bertz CT molecular complexity index is 1030. The molecule has 118 valence electrons. The first-order valence-corrected chi connectivity index (χ1v) is 8.66. The van der Waals surface area contributed by atoms with E-state index in [4.69, 9.17) is 0 Å². The lowest BCUT2D eigenvalue weighted by molar-refractivity contribution is 1.31. The molecule has 0 saturated heterocycles. The third kappa shape index (κ3) is 2.88. The van der Waals surface area contributed by atoms with E-state index in [0.29, 0.717) is 0 Å². The van der Waals surface area contributed by atoms with Gasteiger partial charge in [-0.3, -0.25) is 5.43 Å². The molecule has 0 amide bonds. The number of anilines is 1. The molecule has 4 rings (SSSR count). The van der Waals surface area contributed by atoms with Gasteiger partial charge in [0.1, 0.15) is 0 Å². The molecule has 0 aliphatic carbocycles. The van der Waals surface area contributed by atoms with Crippen LogP contribution in [0.25, 0.3) is 21.0 Å². The zero-order valence-corrected chi connectivity index (χ0v) is 14.4. The van der Waals surface area contributed by atoms with Crippen LogP contribution in [0.3, 0.4) is 0 Å². The number of hydrazone groups is 1. The number of thiazole rings is 1.